The Kier molecular flexibility index (Phi) is 4.68. The van der Waals surface area contributed by atoms with Crippen LogP contribution in [0.15, 0.2) is 29.1 Å². The zero-order chi connectivity index (χ0) is 17.1. The second-order valence-electron chi connectivity index (χ2n) is 5.39. The number of aryl methyl sites for hydroxylation is 1. The van der Waals surface area contributed by atoms with Gasteiger partial charge in [-0.05, 0) is 19.1 Å². The van der Waals surface area contributed by atoms with E-state index in [9.17, 15) is 19.5 Å². The van der Waals surface area contributed by atoms with E-state index in [0.717, 1.165) is 0 Å². The lowest BCUT2D eigenvalue weighted by Gasteiger charge is -2.14. The highest BCUT2D eigenvalue weighted by atomic mass is 16.3. The molecular formula is C16H19N3O4. The number of aromatic nitrogens is 1. The van der Waals surface area contributed by atoms with Crippen LogP contribution in [0.5, 0.6) is 5.75 Å². The van der Waals surface area contributed by atoms with Crippen LogP contribution in [0.3, 0.4) is 0 Å². The molecule has 0 atom stereocenters. The maximum absolute atomic E-state index is 12.5. The van der Waals surface area contributed by atoms with Crippen LogP contribution in [0.2, 0.25) is 0 Å². The molecule has 1 aromatic carbocycles. The summed E-state index contributed by atoms with van der Waals surface area (Å²) in [4.78, 5) is 36.2. The van der Waals surface area contributed by atoms with Crippen LogP contribution < -0.4 is 16.4 Å². The molecule has 0 saturated heterocycles. The number of pyridine rings is 1. The summed E-state index contributed by atoms with van der Waals surface area (Å²) < 4.78 is 1.40. The van der Waals surface area contributed by atoms with Crippen LogP contribution in [0, 0.1) is 5.92 Å². The molecule has 0 aliphatic carbocycles. The van der Waals surface area contributed by atoms with Crippen molar-refractivity contribution >= 4 is 22.7 Å². The van der Waals surface area contributed by atoms with Crippen molar-refractivity contribution < 1.29 is 14.7 Å². The van der Waals surface area contributed by atoms with Gasteiger partial charge in [-0.3, -0.25) is 25.2 Å². The molecule has 0 aliphatic heterocycles. The third-order valence-corrected chi connectivity index (χ3v) is 3.51. The summed E-state index contributed by atoms with van der Waals surface area (Å²) in [5.74, 6) is -1.97. The van der Waals surface area contributed by atoms with Gasteiger partial charge in [0.15, 0.2) is 0 Å². The molecule has 1 heterocycles. The standard InChI is InChI=1S/C16H19N3O4/c1-4-19-11-8-6-5-7-10(11)13(20)12(16(19)23)15(22)18-17-14(21)9(2)3/h5-9,20H,4H2,1-3H3,(H,17,21)(H,18,22). The van der Waals surface area contributed by atoms with Gasteiger partial charge in [0.2, 0.25) is 5.91 Å². The fourth-order valence-electron chi connectivity index (χ4n) is 2.23. The number of nitrogens with zero attached hydrogens (tertiary/aromatic N) is 1. The van der Waals surface area contributed by atoms with Crippen molar-refractivity contribution in [3.63, 3.8) is 0 Å². The van der Waals surface area contributed by atoms with E-state index in [1.54, 1.807) is 45.0 Å². The number of aromatic hydroxyl groups is 1. The summed E-state index contributed by atoms with van der Waals surface area (Å²) in [7, 11) is 0. The molecule has 0 saturated carbocycles. The molecule has 2 rings (SSSR count). The van der Waals surface area contributed by atoms with Crippen molar-refractivity contribution in [3.05, 3.63) is 40.2 Å². The maximum atomic E-state index is 12.5. The van der Waals surface area contributed by atoms with E-state index in [4.69, 9.17) is 0 Å². The van der Waals surface area contributed by atoms with Crippen LogP contribution in [0.1, 0.15) is 31.1 Å². The van der Waals surface area contributed by atoms with Gasteiger partial charge in [-0.15, -0.1) is 0 Å². The van der Waals surface area contributed by atoms with Crippen molar-refractivity contribution in [2.75, 3.05) is 0 Å². The van der Waals surface area contributed by atoms with E-state index in [1.165, 1.54) is 4.57 Å². The highest BCUT2D eigenvalue weighted by molar-refractivity contribution is 6.02. The average molecular weight is 317 g/mol. The van der Waals surface area contributed by atoms with Gasteiger partial charge in [-0.1, -0.05) is 26.0 Å². The minimum atomic E-state index is -0.852. The highest BCUT2D eigenvalue weighted by Crippen LogP contribution is 2.25. The smallest absolute Gasteiger partial charge is 0.279 e. The van der Waals surface area contributed by atoms with Crippen LogP contribution in [0.25, 0.3) is 10.9 Å². The molecule has 0 spiro atoms. The Morgan fingerprint density at radius 1 is 1.22 bits per heavy atom. The monoisotopic (exact) mass is 317 g/mol. The number of carbonyl (C=O) groups is 2. The molecule has 0 unspecified atom stereocenters. The number of amides is 2. The predicted octanol–water partition coefficient (Wildman–Crippen LogP) is 1.14. The number of nitrogens with one attached hydrogen (secondary N) is 2. The van der Waals surface area contributed by atoms with Crippen LogP contribution in [0.4, 0.5) is 0 Å². The topological polar surface area (TPSA) is 100 Å². The second kappa shape index (κ2) is 6.51. The summed E-state index contributed by atoms with van der Waals surface area (Å²) in [6, 6.07) is 6.77. The maximum Gasteiger partial charge on any atom is 0.279 e. The Bertz CT molecular complexity index is 824. The number of benzene rings is 1. The zero-order valence-corrected chi connectivity index (χ0v) is 13.2. The first-order valence-electron chi connectivity index (χ1n) is 7.33. The lowest BCUT2D eigenvalue weighted by Crippen LogP contribution is -2.45. The van der Waals surface area contributed by atoms with Crippen LogP contribution >= 0.6 is 0 Å². The van der Waals surface area contributed by atoms with Gasteiger partial charge in [0.25, 0.3) is 11.5 Å². The van der Waals surface area contributed by atoms with E-state index >= 15 is 0 Å². The SMILES string of the molecule is CCn1c(=O)c(C(=O)NNC(=O)C(C)C)c(O)c2ccccc21. The van der Waals surface area contributed by atoms with Gasteiger partial charge in [-0.25, -0.2) is 0 Å². The quantitative estimate of drug-likeness (QED) is 0.739. The number of hydrogen-bond donors (Lipinski definition) is 3. The number of rotatable bonds is 3. The van der Waals surface area contributed by atoms with Gasteiger partial charge in [0, 0.05) is 17.8 Å². The summed E-state index contributed by atoms with van der Waals surface area (Å²) in [6.45, 7) is 5.45. The molecule has 1 aromatic heterocycles. The Morgan fingerprint density at radius 3 is 2.48 bits per heavy atom. The minimum absolute atomic E-state index is 0.326. The Hall–Kier alpha value is -2.83. The third-order valence-electron chi connectivity index (χ3n) is 3.51. The summed E-state index contributed by atoms with van der Waals surface area (Å²) >= 11 is 0. The molecule has 0 aliphatic rings. The van der Waals surface area contributed by atoms with E-state index in [1.807, 2.05) is 0 Å². The summed E-state index contributed by atoms with van der Waals surface area (Å²) in [5, 5.41) is 10.7. The molecule has 0 radical (unpaired) electrons. The van der Waals surface area contributed by atoms with Crippen LogP contribution in [-0.4, -0.2) is 21.5 Å². The molecule has 23 heavy (non-hydrogen) atoms. The van der Waals surface area contributed by atoms with Gasteiger partial charge < -0.3 is 9.67 Å². The van der Waals surface area contributed by atoms with Gasteiger partial charge in [0.1, 0.15) is 11.3 Å². The fraction of sp³-hybridized carbons (Fsp3) is 0.312. The molecule has 2 aromatic rings. The molecule has 2 amide bonds. The Labute approximate surface area is 132 Å². The number of hydrazine groups is 1. The Balaban J connectivity index is 2.50. The van der Waals surface area contributed by atoms with Crippen molar-refractivity contribution in [3.8, 4) is 5.75 Å². The van der Waals surface area contributed by atoms with Gasteiger partial charge in [0.05, 0.1) is 5.52 Å². The van der Waals surface area contributed by atoms with Crippen LogP contribution in [-0.2, 0) is 11.3 Å². The van der Waals surface area contributed by atoms with E-state index in [-0.39, 0.29) is 5.92 Å². The molecule has 0 fully saturated rings. The summed E-state index contributed by atoms with van der Waals surface area (Å²) in [5.41, 5.74) is 3.93. The first-order valence-corrected chi connectivity index (χ1v) is 7.33. The Morgan fingerprint density at radius 2 is 1.87 bits per heavy atom. The van der Waals surface area contributed by atoms with Gasteiger partial charge >= 0.3 is 0 Å². The highest BCUT2D eigenvalue weighted by Gasteiger charge is 2.22. The number of carbonyl (C=O) groups excluding carboxylic acids is 2. The largest absolute Gasteiger partial charge is 0.506 e. The van der Waals surface area contributed by atoms with Crippen molar-refractivity contribution in [2.24, 2.45) is 5.92 Å². The first kappa shape index (κ1) is 16.5. The molecule has 122 valence electrons. The third kappa shape index (κ3) is 3.03. The normalized spacial score (nSPS) is 10.8. The van der Waals surface area contributed by atoms with Crippen molar-refractivity contribution in [2.45, 2.75) is 27.3 Å². The first-order chi connectivity index (χ1) is 10.9. The van der Waals surface area contributed by atoms with Crippen molar-refractivity contribution in [1.29, 1.82) is 0 Å². The molecular weight excluding hydrogens is 298 g/mol. The predicted molar refractivity (Wildman–Crippen MR) is 86.0 cm³/mol. The lowest BCUT2D eigenvalue weighted by atomic mass is 10.1. The van der Waals surface area contributed by atoms with E-state index in [0.29, 0.717) is 17.4 Å². The zero-order valence-electron chi connectivity index (χ0n) is 13.2. The second-order valence-corrected chi connectivity index (χ2v) is 5.39. The van der Waals surface area contributed by atoms with Gasteiger partial charge in [-0.2, -0.15) is 0 Å². The molecule has 3 N–H and O–H groups in total. The average Bonchev–Trinajstić information content (AvgIpc) is 2.53. The minimum Gasteiger partial charge on any atom is -0.506 e. The fourth-order valence-corrected chi connectivity index (χ4v) is 2.23. The number of hydrogen-bond acceptors (Lipinski definition) is 4. The lowest BCUT2D eigenvalue weighted by molar-refractivity contribution is -0.124. The number of para-hydroxylation sites is 1. The summed E-state index contributed by atoms with van der Waals surface area (Å²) in [6.07, 6.45) is 0. The van der Waals surface area contributed by atoms with E-state index in [2.05, 4.69) is 10.9 Å². The molecule has 0 bridgehead atoms. The van der Waals surface area contributed by atoms with Crippen molar-refractivity contribution in [1.82, 2.24) is 15.4 Å². The molecule has 7 heteroatoms. The van der Waals surface area contributed by atoms with E-state index < -0.39 is 28.7 Å². The molecule has 7 nitrogen and oxygen atoms in total. The number of fused-ring (bicyclic) bond motifs is 1.